The highest BCUT2D eigenvalue weighted by Gasteiger charge is 2.23. The monoisotopic (exact) mass is 430 g/mol. The lowest BCUT2D eigenvalue weighted by Gasteiger charge is -2.12. The molecule has 0 bridgehead atoms. The van der Waals surface area contributed by atoms with E-state index < -0.39 is 17.6 Å². The number of aryl methyl sites for hydroxylation is 1. The van der Waals surface area contributed by atoms with Crippen molar-refractivity contribution in [2.75, 3.05) is 5.75 Å². The van der Waals surface area contributed by atoms with Crippen LogP contribution < -0.4 is 5.56 Å². The molecule has 0 radical (unpaired) electrons. The quantitative estimate of drug-likeness (QED) is 0.466. The lowest BCUT2D eigenvalue weighted by molar-refractivity contribution is -0.140. The van der Waals surface area contributed by atoms with E-state index in [9.17, 15) is 14.7 Å². The highest BCUT2D eigenvalue weighted by atomic mass is 35.5. The van der Waals surface area contributed by atoms with Crippen LogP contribution >= 0.6 is 24.2 Å². The molecule has 1 aromatic carbocycles. The van der Waals surface area contributed by atoms with Gasteiger partial charge in [0.05, 0.1) is 11.3 Å². The molecule has 4 rings (SSSR count). The van der Waals surface area contributed by atoms with Crippen molar-refractivity contribution >= 4 is 47.0 Å². The predicted molar refractivity (Wildman–Crippen MR) is 111 cm³/mol. The molecule has 0 saturated heterocycles. The first-order valence-electron chi connectivity index (χ1n) is 8.71. The zero-order valence-corrected chi connectivity index (χ0v) is 16.8. The maximum Gasteiger partial charge on any atom is 0.327 e. The molecular formula is C18H15ClN6O3S. The zero-order chi connectivity index (χ0) is 20.7. The second-order valence-electron chi connectivity index (χ2n) is 6.28. The van der Waals surface area contributed by atoms with Crippen LogP contribution in [0.4, 0.5) is 0 Å². The minimum atomic E-state index is -1.19. The molecule has 0 aliphatic rings. The average molecular weight is 431 g/mol. The Kier molecular flexibility index (Phi) is 4.97. The number of rotatable bonds is 5. The number of carboxylic acids is 1. The van der Waals surface area contributed by atoms with Gasteiger partial charge < -0.3 is 5.11 Å². The number of halogens is 1. The standard InChI is InChI=1S/C18H15ClN6O3S/c1-2-11-13(9-3-5-10(19)6-4-9)15-22-21-14-16(25(15)23-11)20-8-24(17(14)26)12(7-29)18(27)28/h3-6,8,12,29H,2,7H2,1H3,(H,27,28). The van der Waals surface area contributed by atoms with E-state index in [0.717, 1.165) is 21.4 Å². The number of fused-ring (bicyclic) bond motifs is 3. The molecule has 0 aliphatic heterocycles. The van der Waals surface area contributed by atoms with E-state index in [1.807, 2.05) is 19.1 Å². The first-order valence-corrected chi connectivity index (χ1v) is 9.72. The molecule has 29 heavy (non-hydrogen) atoms. The molecule has 1 unspecified atom stereocenters. The molecule has 0 spiro atoms. The number of hydrogen-bond acceptors (Lipinski definition) is 7. The molecule has 0 saturated carbocycles. The molecule has 3 heterocycles. The highest BCUT2D eigenvalue weighted by molar-refractivity contribution is 7.80. The second kappa shape index (κ2) is 7.45. The molecule has 4 aromatic rings. The van der Waals surface area contributed by atoms with Crippen LogP contribution in [0.25, 0.3) is 27.9 Å². The van der Waals surface area contributed by atoms with E-state index in [0.29, 0.717) is 17.1 Å². The van der Waals surface area contributed by atoms with Crippen LogP contribution in [0.5, 0.6) is 0 Å². The van der Waals surface area contributed by atoms with Gasteiger partial charge in [0.1, 0.15) is 12.4 Å². The smallest absolute Gasteiger partial charge is 0.327 e. The highest BCUT2D eigenvalue weighted by Crippen LogP contribution is 2.29. The molecule has 3 aromatic heterocycles. The Morgan fingerprint density at radius 1 is 1.24 bits per heavy atom. The topological polar surface area (TPSA) is 115 Å². The van der Waals surface area contributed by atoms with Gasteiger partial charge in [0.2, 0.25) is 0 Å². The lowest BCUT2D eigenvalue weighted by Crippen LogP contribution is -2.32. The van der Waals surface area contributed by atoms with E-state index in [2.05, 4.69) is 32.9 Å². The SMILES string of the molecule is CCc1nn2c(nnc3c(=O)n(C(CS)C(=O)O)cnc32)c1-c1ccc(Cl)cc1. The van der Waals surface area contributed by atoms with E-state index in [1.165, 1.54) is 10.8 Å². The molecule has 0 amide bonds. The van der Waals surface area contributed by atoms with Crippen LogP contribution in [0.1, 0.15) is 18.7 Å². The van der Waals surface area contributed by atoms with Gasteiger partial charge in [0.15, 0.2) is 16.8 Å². The summed E-state index contributed by atoms with van der Waals surface area (Å²) in [6.07, 6.45) is 1.80. The normalized spacial score (nSPS) is 12.5. The lowest BCUT2D eigenvalue weighted by atomic mass is 10.0. The van der Waals surface area contributed by atoms with Crippen LogP contribution in [-0.2, 0) is 11.2 Å². The number of aromatic nitrogens is 6. The number of carbonyl (C=O) groups is 1. The van der Waals surface area contributed by atoms with Crippen LogP contribution in [0.2, 0.25) is 5.02 Å². The Balaban J connectivity index is 2.00. The third-order valence-corrected chi connectivity index (χ3v) is 5.19. The Hall–Kier alpha value is -2.98. The summed E-state index contributed by atoms with van der Waals surface area (Å²) in [4.78, 5) is 28.5. The maximum atomic E-state index is 12.8. The van der Waals surface area contributed by atoms with Crippen LogP contribution in [0.15, 0.2) is 35.4 Å². The molecule has 9 nitrogen and oxygen atoms in total. The first-order chi connectivity index (χ1) is 14.0. The van der Waals surface area contributed by atoms with Crippen molar-refractivity contribution in [1.82, 2.24) is 29.4 Å². The van der Waals surface area contributed by atoms with E-state index in [1.54, 1.807) is 12.1 Å². The molecule has 148 valence electrons. The van der Waals surface area contributed by atoms with Gasteiger partial charge in [-0.05, 0) is 24.1 Å². The summed E-state index contributed by atoms with van der Waals surface area (Å²) in [6.45, 7) is 1.96. The minimum Gasteiger partial charge on any atom is -0.480 e. The third-order valence-electron chi connectivity index (χ3n) is 4.59. The number of thiol groups is 1. The largest absolute Gasteiger partial charge is 0.480 e. The van der Waals surface area contributed by atoms with E-state index in [-0.39, 0.29) is 16.9 Å². The molecule has 0 aliphatic carbocycles. The number of hydrogen-bond donors (Lipinski definition) is 2. The summed E-state index contributed by atoms with van der Waals surface area (Å²) < 4.78 is 2.45. The Bertz CT molecular complexity index is 1300. The van der Waals surface area contributed by atoms with Crippen molar-refractivity contribution in [2.24, 2.45) is 0 Å². The van der Waals surface area contributed by atoms with Crippen molar-refractivity contribution in [2.45, 2.75) is 19.4 Å². The fourth-order valence-corrected chi connectivity index (χ4v) is 3.61. The van der Waals surface area contributed by atoms with E-state index >= 15 is 0 Å². The Labute approximate surface area is 174 Å². The fraction of sp³-hybridized carbons (Fsp3) is 0.222. The second-order valence-corrected chi connectivity index (χ2v) is 7.08. The summed E-state index contributed by atoms with van der Waals surface area (Å²) in [5.74, 6) is -1.25. The maximum absolute atomic E-state index is 12.8. The van der Waals surface area contributed by atoms with Gasteiger partial charge in [-0.25, -0.2) is 9.78 Å². The van der Waals surface area contributed by atoms with Gasteiger partial charge in [-0.1, -0.05) is 30.7 Å². The van der Waals surface area contributed by atoms with Crippen molar-refractivity contribution in [1.29, 1.82) is 0 Å². The van der Waals surface area contributed by atoms with Gasteiger partial charge in [-0.2, -0.15) is 22.2 Å². The Morgan fingerprint density at radius 2 is 1.97 bits per heavy atom. The average Bonchev–Trinajstić information content (AvgIpc) is 3.09. The first kappa shape index (κ1) is 19.3. The van der Waals surface area contributed by atoms with Gasteiger partial charge >= 0.3 is 5.97 Å². The number of aliphatic carboxylic acids is 1. The zero-order valence-electron chi connectivity index (χ0n) is 15.2. The molecule has 1 N–H and O–H groups in total. The van der Waals surface area contributed by atoms with Gasteiger partial charge in [-0.15, -0.1) is 10.2 Å². The van der Waals surface area contributed by atoms with Gasteiger partial charge in [-0.3, -0.25) is 9.36 Å². The van der Waals surface area contributed by atoms with Crippen LogP contribution in [-0.4, -0.2) is 46.2 Å². The molecule has 11 heteroatoms. The Morgan fingerprint density at radius 3 is 2.59 bits per heavy atom. The summed E-state index contributed by atoms with van der Waals surface area (Å²) in [6, 6.07) is 6.11. The van der Waals surface area contributed by atoms with Gasteiger partial charge in [0, 0.05) is 10.8 Å². The van der Waals surface area contributed by atoms with Gasteiger partial charge in [0.25, 0.3) is 5.56 Å². The molecular weight excluding hydrogens is 416 g/mol. The third kappa shape index (κ3) is 3.14. The van der Waals surface area contributed by atoms with Crippen molar-refractivity contribution in [3.8, 4) is 11.1 Å². The molecule has 1 atom stereocenters. The summed E-state index contributed by atoms with van der Waals surface area (Å²) in [7, 11) is 0. The number of benzene rings is 1. The summed E-state index contributed by atoms with van der Waals surface area (Å²) in [5.41, 5.74) is 2.37. The van der Waals surface area contributed by atoms with Crippen LogP contribution in [0.3, 0.4) is 0 Å². The fourth-order valence-electron chi connectivity index (χ4n) is 3.15. The van der Waals surface area contributed by atoms with Crippen molar-refractivity contribution < 1.29 is 9.90 Å². The number of carboxylic acid groups (broad SMARTS) is 1. The van der Waals surface area contributed by atoms with Crippen molar-refractivity contribution in [3.63, 3.8) is 0 Å². The summed E-state index contributed by atoms with van der Waals surface area (Å²) in [5, 5.41) is 22.7. The minimum absolute atomic E-state index is 0.0687. The number of nitrogens with zero attached hydrogens (tertiary/aromatic N) is 6. The van der Waals surface area contributed by atoms with Crippen molar-refractivity contribution in [3.05, 3.63) is 51.7 Å². The summed E-state index contributed by atoms with van der Waals surface area (Å²) >= 11 is 10.0. The predicted octanol–water partition coefficient (Wildman–Crippen LogP) is 2.27. The van der Waals surface area contributed by atoms with Crippen LogP contribution in [0, 0.1) is 0 Å². The van der Waals surface area contributed by atoms with E-state index in [4.69, 9.17) is 11.6 Å². The molecule has 0 fully saturated rings.